The molecule has 0 aromatic rings. The molecule has 3 heterocycles. The van der Waals surface area contributed by atoms with E-state index in [-0.39, 0.29) is 48.1 Å². The van der Waals surface area contributed by atoms with Gasteiger partial charge in [-0.3, -0.25) is 9.59 Å². The van der Waals surface area contributed by atoms with E-state index >= 15 is 0 Å². The first-order valence-electron chi connectivity index (χ1n) is 16.0. The van der Waals surface area contributed by atoms with Crippen molar-refractivity contribution in [2.45, 2.75) is 120 Å². The summed E-state index contributed by atoms with van der Waals surface area (Å²) in [7, 11) is 5.25. The number of methoxy groups -OCH3 is 3. The second kappa shape index (κ2) is 12.2. The molecule has 2 amide bonds. The lowest BCUT2D eigenvalue weighted by atomic mass is 9.64. The summed E-state index contributed by atoms with van der Waals surface area (Å²) >= 11 is 0. The molecule has 6 rings (SSSR count). The highest BCUT2D eigenvalue weighted by molar-refractivity contribution is 5.83. The van der Waals surface area contributed by atoms with Crippen molar-refractivity contribution in [1.29, 1.82) is 0 Å². The lowest BCUT2D eigenvalue weighted by Gasteiger charge is -2.55. The summed E-state index contributed by atoms with van der Waals surface area (Å²) in [6.07, 6.45) is 9.95. The molecule has 9 nitrogen and oxygen atoms in total. The molecule has 0 aromatic carbocycles. The van der Waals surface area contributed by atoms with Gasteiger partial charge in [-0.05, 0) is 94.9 Å². The number of carbonyl (C=O) groups excluding carboxylic acids is 2. The van der Waals surface area contributed by atoms with E-state index in [9.17, 15) is 9.59 Å². The molecular weight excluding hydrogens is 510 g/mol. The van der Waals surface area contributed by atoms with Crippen molar-refractivity contribution in [3.05, 3.63) is 0 Å². The van der Waals surface area contributed by atoms with Gasteiger partial charge < -0.3 is 34.5 Å². The SMILES string of the molecule is COC1CCCC(CNC(=O)C(C)OC2CCC3C(C2)C2CCNC4C5CCC(OC)C(OC)C5C(=O)N3C24)C1. The number of nitrogens with one attached hydrogen (secondary N) is 2. The fourth-order valence-electron chi connectivity index (χ4n) is 9.84. The van der Waals surface area contributed by atoms with E-state index in [1.165, 1.54) is 0 Å². The fraction of sp³-hybridized carbons (Fsp3) is 0.935. The molecule has 0 spiro atoms. The van der Waals surface area contributed by atoms with Gasteiger partial charge in [-0.25, -0.2) is 0 Å². The summed E-state index contributed by atoms with van der Waals surface area (Å²) in [6, 6.07) is 0.847. The predicted molar refractivity (Wildman–Crippen MR) is 150 cm³/mol. The normalized spacial score (nSPS) is 45.3. The smallest absolute Gasteiger partial charge is 0.248 e. The topological polar surface area (TPSA) is 98.4 Å². The van der Waals surface area contributed by atoms with Crippen LogP contribution in [0.15, 0.2) is 0 Å². The van der Waals surface area contributed by atoms with Gasteiger partial charge in [0.15, 0.2) is 0 Å². The molecule has 3 aliphatic heterocycles. The number of amides is 2. The number of rotatable bonds is 8. The molecule has 0 aromatic heterocycles. The summed E-state index contributed by atoms with van der Waals surface area (Å²) in [5, 5.41) is 7.01. The predicted octanol–water partition coefficient (Wildman–Crippen LogP) is 2.51. The van der Waals surface area contributed by atoms with Crippen LogP contribution in [0.25, 0.3) is 0 Å². The number of carbonyl (C=O) groups is 2. The highest BCUT2D eigenvalue weighted by Crippen LogP contribution is 2.54. The van der Waals surface area contributed by atoms with Crippen LogP contribution in [0.2, 0.25) is 0 Å². The number of hydrogen-bond acceptors (Lipinski definition) is 7. The number of ether oxygens (including phenoxy) is 4. The maximum atomic E-state index is 14.2. The molecule has 3 saturated carbocycles. The Morgan fingerprint density at radius 1 is 0.950 bits per heavy atom. The van der Waals surface area contributed by atoms with Gasteiger partial charge in [-0.15, -0.1) is 0 Å². The molecule has 13 atom stereocenters. The molecule has 40 heavy (non-hydrogen) atoms. The average Bonchev–Trinajstić information content (AvgIpc) is 3.32. The van der Waals surface area contributed by atoms with Crippen LogP contribution in [0.4, 0.5) is 0 Å². The van der Waals surface area contributed by atoms with Gasteiger partial charge >= 0.3 is 0 Å². The van der Waals surface area contributed by atoms with E-state index in [0.29, 0.717) is 42.4 Å². The zero-order valence-corrected chi connectivity index (χ0v) is 24.9. The van der Waals surface area contributed by atoms with E-state index in [0.717, 1.165) is 70.8 Å². The molecule has 226 valence electrons. The summed E-state index contributed by atoms with van der Waals surface area (Å²) in [5.41, 5.74) is 0. The van der Waals surface area contributed by atoms with Crippen molar-refractivity contribution < 1.29 is 28.5 Å². The van der Waals surface area contributed by atoms with Crippen molar-refractivity contribution in [2.75, 3.05) is 34.4 Å². The van der Waals surface area contributed by atoms with Crippen LogP contribution in [0.1, 0.15) is 71.1 Å². The minimum Gasteiger partial charge on any atom is -0.381 e. The summed E-state index contributed by atoms with van der Waals surface area (Å²) in [4.78, 5) is 29.5. The molecule has 13 unspecified atom stereocenters. The number of fused-ring (bicyclic) bond motifs is 5. The van der Waals surface area contributed by atoms with E-state index in [1.54, 1.807) is 21.3 Å². The fourth-order valence-corrected chi connectivity index (χ4v) is 9.84. The molecule has 0 bridgehead atoms. The highest BCUT2D eigenvalue weighted by atomic mass is 16.5. The van der Waals surface area contributed by atoms with Gasteiger partial charge in [-0.2, -0.15) is 0 Å². The Morgan fingerprint density at radius 2 is 1.80 bits per heavy atom. The minimum atomic E-state index is -0.467. The van der Waals surface area contributed by atoms with E-state index < -0.39 is 6.10 Å². The number of nitrogens with zero attached hydrogens (tertiary/aromatic N) is 1. The van der Waals surface area contributed by atoms with Crippen molar-refractivity contribution in [2.24, 2.45) is 29.6 Å². The molecule has 9 heteroatoms. The average molecular weight is 562 g/mol. The highest BCUT2D eigenvalue weighted by Gasteiger charge is 2.64. The summed E-state index contributed by atoms with van der Waals surface area (Å²) < 4.78 is 23.7. The van der Waals surface area contributed by atoms with Gasteiger partial charge in [0.2, 0.25) is 11.8 Å². The van der Waals surface area contributed by atoms with Gasteiger partial charge in [0.1, 0.15) is 6.10 Å². The maximum Gasteiger partial charge on any atom is 0.248 e. The number of hydrogen-bond donors (Lipinski definition) is 2. The lowest BCUT2D eigenvalue weighted by molar-refractivity contribution is -0.175. The first-order valence-corrected chi connectivity index (χ1v) is 16.0. The first-order chi connectivity index (χ1) is 19.4. The van der Waals surface area contributed by atoms with E-state index in [1.807, 2.05) is 6.92 Å². The summed E-state index contributed by atoms with van der Waals surface area (Å²) in [6.45, 7) is 3.59. The first kappa shape index (κ1) is 28.8. The van der Waals surface area contributed by atoms with Crippen LogP contribution < -0.4 is 10.6 Å². The molecule has 3 saturated heterocycles. The Balaban J connectivity index is 1.09. The van der Waals surface area contributed by atoms with Crippen molar-refractivity contribution >= 4 is 11.8 Å². The van der Waals surface area contributed by atoms with Crippen molar-refractivity contribution in [1.82, 2.24) is 15.5 Å². The zero-order chi connectivity index (χ0) is 28.0. The Bertz CT molecular complexity index is 920. The summed E-state index contributed by atoms with van der Waals surface area (Å²) in [5.74, 6) is 1.84. The van der Waals surface area contributed by atoms with E-state index in [2.05, 4.69) is 15.5 Å². The number of piperidine rings is 2. The van der Waals surface area contributed by atoms with Crippen LogP contribution in [-0.2, 0) is 28.5 Å². The molecule has 6 fully saturated rings. The van der Waals surface area contributed by atoms with Gasteiger partial charge in [0.25, 0.3) is 0 Å². The largest absolute Gasteiger partial charge is 0.381 e. The Morgan fingerprint density at radius 3 is 2.58 bits per heavy atom. The van der Waals surface area contributed by atoms with Crippen LogP contribution >= 0.6 is 0 Å². The van der Waals surface area contributed by atoms with Crippen LogP contribution in [0.5, 0.6) is 0 Å². The maximum absolute atomic E-state index is 14.2. The third-order valence-corrected chi connectivity index (χ3v) is 11.6. The lowest BCUT2D eigenvalue weighted by Crippen LogP contribution is -2.70. The van der Waals surface area contributed by atoms with Gasteiger partial charge in [0.05, 0.1) is 36.4 Å². The van der Waals surface area contributed by atoms with Crippen molar-refractivity contribution in [3.8, 4) is 0 Å². The van der Waals surface area contributed by atoms with Crippen LogP contribution in [0, 0.1) is 29.6 Å². The third kappa shape index (κ3) is 5.12. The third-order valence-electron chi connectivity index (χ3n) is 11.6. The van der Waals surface area contributed by atoms with Crippen LogP contribution in [-0.4, -0.2) is 99.8 Å². The molecule has 2 N–H and O–H groups in total. The zero-order valence-electron chi connectivity index (χ0n) is 24.9. The quantitative estimate of drug-likeness (QED) is 0.470. The van der Waals surface area contributed by atoms with Gasteiger partial charge in [-0.1, -0.05) is 6.42 Å². The Kier molecular flexibility index (Phi) is 8.76. The Hall–Kier alpha value is -1.26. The molecule has 0 radical (unpaired) electrons. The van der Waals surface area contributed by atoms with Crippen LogP contribution in [0.3, 0.4) is 0 Å². The second-order valence-corrected chi connectivity index (χ2v) is 13.5. The van der Waals surface area contributed by atoms with Gasteiger partial charge in [0, 0.05) is 40.0 Å². The molecular formula is C31H51N3O6. The van der Waals surface area contributed by atoms with E-state index in [4.69, 9.17) is 18.9 Å². The minimum absolute atomic E-state index is 0.00927. The van der Waals surface area contributed by atoms with Crippen molar-refractivity contribution in [3.63, 3.8) is 0 Å². The second-order valence-electron chi connectivity index (χ2n) is 13.5. The Labute approximate surface area is 239 Å². The standard InChI is InChI=1S/C31H51N3O6/c1-17(30(35)33-16-18-6-5-7-19(14-18)37-2)40-20-8-10-24-23(15-20)21-12-13-32-27-22-9-11-25(38-3)29(39-4)26(22)31(36)34(24)28(21)27/h17-29,32H,5-16H2,1-4H3,(H,33,35). The monoisotopic (exact) mass is 561 g/mol. The molecule has 3 aliphatic carbocycles. The molecule has 6 aliphatic rings.